The van der Waals surface area contributed by atoms with E-state index in [1.807, 2.05) is 0 Å². The Morgan fingerprint density at radius 3 is 2.48 bits per heavy atom. The molecule has 0 saturated carbocycles. The summed E-state index contributed by atoms with van der Waals surface area (Å²) in [4.78, 5) is 38.0. The van der Waals surface area contributed by atoms with E-state index in [2.05, 4.69) is 38.8 Å². The van der Waals surface area contributed by atoms with Crippen molar-refractivity contribution in [1.29, 1.82) is 0 Å². The van der Waals surface area contributed by atoms with Gasteiger partial charge in [0.05, 0.1) is 6.10 Å². The van der Waals surface area contributed by atoms with Crippen LogP contribution < -0.4 is 11.2 Å². The Balaban J connectivity index is 2.32. The Bertz CT molecular complexity index is 774. The molecular formula is C17H28N2O5Si. The highest BCUT2D eigenvalue weighted by Gasteiger charge is 2.46. The molecule has 1 saturated heterocycles. The molecule has 0 aromatic carbocycles. The smallest absolute Gasteiger partial charge is 0.330 e. The van der Waals surface area contributed by atoms with Gasteiger partial charge in [0.25, 0.3) is 5.56 Å². The minimum atomic E-state index is -2.10. The molecule has 2 rings (SSSR count). The van der Waals surface area contributed by atoms with E-state index in [1.54, 1.807) is 6.92 Å². The Morgan fingerprint density at radius 1 is 1.36 bits per heavy atom. The first kappa shape index (κ1) is 19.8. The standard InChI is InChI=1S/C17H28N2O5Si/c1-10-9-19(16(22)18-15(10)21)13-8-12(14(23-13)11(2)20)24-25(6,7)17(3,4)5/h9,12-14H,8H2,1-7H3,(H,18,21,22)/t12?,13-,14-/m1/s1. The molecule has 7 nitrogen and oxygen atoms in total. The summed E-state index contributed by atoms with van der Waals surface area (Å²) in [6.45, 7) is 13.7. The minimum absolute atomic E-state index is 0.00215. The number of carbonyl (C=O) groups excluding carboxylic acids is 1. The maximum absolute atomic E-state index is 12.1. The Kier molecular flexibility index (Phi) is 5.28. The molecule has 1 aliphatic rings. The van der Waals surface area contributed by atoms with Gasteiger partial charge in [-0.25, -0.2) is 4.79 Å². The Morgan fingerprint density at radius 2 is 1.96 bits per heavy atom. The van der Waals surface area contributed by atoms with E-state index in [4.69, 9.17) is 9.16 Å². The van der Waals surface area contributed by atoms with Gasteiger partial charge in [-0.1, -0.05) is 20.8 Å². The number of rotatable bonds is 4. The lowest BCUT2D eigenvalue weighted by atomic mass is 10.1. The molecule has 0 aliphatic carbocycles. The van der Waals surface area contributed by atoms with E-state index in [-0.39, 0.29) is 10.8 Å². The lowest BCUT2D eigenvalue weighted by molar-refractivity contribution is -0.132. The number of ether oxygens (including phenoxy) is 1. The van der Waals surface area contributed by atoms with Crippen molar-refractivity contribution in [1.82, 2.24) is 9.55 Å². The average Bonchev–Trinajstić information content (AvgIpc) is 2.84. The molecule has 1 aromatic rings. The van der Waals surface area contributed by atoms with Crippen LogP contribution in [-0.2, 0) is 14.0 Å². The summed E-state index contributed by atoms with van der Waals surface area (Å²) < 4.78 is 13.6. The fourth-order valence-electron chi connectivity index (χ4n) is 2.64. The minimum Gasteiger partial charge on any atom is -0.411 e. The number of aromatic nitrogens is 2. The second-order valence-electron chi connectivity index (χ2n) is 8.25. The van der Waals surface area contributed by atoms with E-state index < -0.39 is 38.0 Å². The highest BCUT2D eigenvalue weighted by atomic mass is 28.4. The van der Waals surface area contributed by atoms with Gasteiger partial charge in [0.2, 0.25) is 0 Å². The molecule has 8 heteroatoms. The third-order valence-electron chi connectivity index (χ3n) is 5.18. The van der Waals surface area contributed by atoms with E-state index in [0.29, 0.717) is 12.0 Å². The first-order valence-corrected chi connectivity index (χ1v) is 11.4. The number of Topliss-reactive ketones (excluding diaryl/α,β-unsaturated/α-hetero) is 1. The van der Waals surface area contributed by atoms with Crippen molar-refractivity contribution < 1.29 is 14.0 Å². The first-order valence-electron chi connectivity index (χ1n) is 8.49. The summed E-state index contributed by atoms with van der Waals surface area (Å²) in [5.74, 6) is -0.125. The molecule has 3 atom stereocenters. The summed E-state index contributed by atoms with van der Waals surface area (Å²) in [6, 6.07) is 0. The molecule has 1 aromatic heterocycles. The van der Waals surface area contributed by atoms with Crippen LogP contribution in [0, 0.1) is 6.92 Å². The fraction of sp³-hybridized carbons (Fsp3) is 0.706. The zero-order chi connectivity index (χ0) is 19.2. The third kappa shape index (κ3) is 4.01. The monoisotopic (exact) mass is 368 g/mol. The predicted octanol–water partition coefficient (Wildman–Crippen LogP) is 2.11. The van der Waals surface area contributed by atoms with Gasteiger partial charge in [0.15, 0.2) is 14.1 Å². The van der Waals surface area contributed by atoms with Crippen molar-refractivity contribution in [3.63, 3.8) is 0 Å². The van der Waals surface area contributed by atoms with Crippen molar-refractivity contribution in [3.8, 4) is 0 Å². The third-order valence-corrected chi connectivity index (χ3v) is 9.69. The molecule has 1 aliphatic heterocycles. The summed E-state index contributed by atoms with van der Waals surface area (Å²) in [5, 5.41) is -0.00215. The average molecular weight is 369 g/mol. The number of aryl methyl sites for hydroxylation is 1. The zero-order valence-corrected chi connectivity index (χ0v) is 17.0. The highest BCUT2D eigenvalue weighted by molar-refractivity contribution is 6.74. The van der Waals surface area contributed by atoms with Gasteiger partial charge in [-0.2, -0.15) is 0 Å². The zero-order valence-electron chi connectivity index (χ0n) is 16.0. The summed E-state index contributed by atoms with van der Waals surface area (Å²) >= 11 is 0. The summed E-state index contributed by atoms with van der Waals surface area (Å²) in [7, 11) is -2.10. The van der Waals surface area contributed by atoms with Gasteiger partial charge in [0, 0.05) is 18.2 Å². The number of hydrogen-bond donors (Lipinski definition) is 1. The van der Waals surface area contributed by atoms with Crippen LogP contribution in [0.25, 0.3) is 0 Å². The Hall–Kier alpha value is -1.51. The van der Waals surface area contributed by atoms with Crippen LogP contribution in [-0.4, -0.2) is 35.9 Å². The van der Waals surface area contributed by atoms with Crippen molar-refractivity contribution in [3.05, 3.63) is 32.6 Å². The van der Waals surface area contributed by atoms with Crippen molar-refractivity contribution in [2.75, 3.05) is 0 Å². The lowest BCUT2D eigenvalue weighted by Gasteiger charge is -2.39. The van der Waals surface area contributed by atoms with E-state index in [9.17, 15) is 14.4 Å². The van der Waals surface area contributed by atoms with Crippen LogP contribution in [0.4, 0.5) is 0 Å². The second kappa shape index (κ2) is 6.66. The first-order chi connectivity index (χ1) is 11.3. The SMILES string of the molecule is CC(=O)[C@H]1O[C@@H](n2cc(C)c(=O)[nH]c2=O)CC1O[Si](C)(C)C(C)(C)C. The van der Waals surface area contributed by atoms with Gasteiger partial charge in [-0.3, -0.25) is 19.1 Å². The van der Waals surface area contributed by atoms with Crippen LogP contribution in [0.1, 0.15) is 45.9 Å². The van der Waals surface area contributed by atoms with Gasteiger partial charge >= 0.3 is 5.69 Å². The second-order valence-corrected chi connectivity index (χ2v) is 13.0. The molecule has 1 fully saturated rings. The van der Waals surface area contributed by atoms with E-state index >= 15 is 0 Å². The number of carbonyl (C=O) groups is 1. The van der Waals surface area contributed by atoms with E-state index in [0.717, 1.165) is 0 Å². The van der Waals surface area contributed by atoms with Crippen molar-refractivity contribution in [2.45, 2.75) is 77.6 Å². The van der Waals surface area contributed by atoms with E-state index in [1.165, 1.54) is 17.7 Å². The molecule has 0 bridgehead atoms. The summed E-state index contributed by atoms with van der Waals surface area (Å²) in [5.41, 5.74) is -0.552. The molecule has 0 radical (unpaired) electrons. The van der Waals surface area contributed by atoms with Crippen LogP contribution in [0.3, 0.4) is 0 Å². The Labute approximate surface area is 148 Å². The van der Waals surface area contributed by atoms with Crippen LogP contribution in [0.15, 0.2) is 15.8 Å². The normalized spacial score (nSPS) is 24.5. The molecule has 0 spiro atoms. The molecule has 1 unspecified atom stereocenters. The van der Waals surface area contributed by atoms with Gasteiger partial charge in [-0.05, 0) is 32.0 Å². The number of hydrogen-bond acceptors (Lipinski definition) is 5. The maximum atomic E-state index is 12.1. The number of aromatic amines is 1. The van der Waals surface area contributed by atoms with Crippen molar-refractivity contribution in [2.24, 2.45) is 0 Å². The summed E-state index contributed by atoms with van der Waals surface area (Å²) in [6.07, 6.45) is 0.118. The predicted molar refractivity (Wildman–Crippen MR) is 97.3 cm³/mol. The molecular weight excluding hydrogens is 340 g/mol. The number of nitrogens with zero attached hydrogens (tertiary/aromatic N) is 1. The molecule has 140 valence electrons. The maximum Gasteiger partial charge on any atom is 0.330 e. The molecule has 0 amide bonds. The van der Waals surface area contributed by atoms with Crippen LogP contribution in [0.5, 0.6) is 0 Å². The number of ketones is 1. The highest BCUT2D eigenvalue weighted by Crippen LogP contribution is 2.41. The molecule has 25 heavy (non-hydrogen) atoms. The van der Waals surface area contributed by atoms with Gasteiger partial charge in [-0.15, -0.1) is 0 Å². The van der Waals surface area contributed by atoms with Crippen LogP contribution >= 0.6 is 0 Å². The number of nitrogens with one attached hydrogen (secondary N) is 1. The van der Waals surface area contributed by atoms with Gasteiger partial charge < -0.3 is 9.16 Å². The molecule has 2 heterocycles. The lowest BCUT2D eigenvalue weighted by Crippen LogP contribution is -2.47. The quantitative estimate of drug-likeness (QED) is 0.822. The van der Waals surface area contributed by atoms with Crippen LogP contribution in [0.2, 0.25) is 18.1 Å². The van der Waals surface area contributed by atoms with Crippen molar-refractivity contribution >= 4 is 14.1 Å². The molecule has 1 N–H and O–H groups in total. The van der Waals surface area contributed by atoms with Gasteiger partial charge in [0.1, 0.15) is 12.3 Å². The topological polar surface area (TPSA) is 90.4 Å². The fourth-order valence-corrected chi connectivity index (χ4v) is 3.97. The largest absolute Gasteiger partial charge is 0.411 e. The number of H-pyrrole nitrogens is 1.